The minimum absolute atomic E-state index is 0.187. The van der Waals surface area contributed by atoms with Crippen LogP contribution in [0.25, 0.3) is 0 Å². The molecule has 0 saturated heterocycles. The van der Waals surface area contributed by atoms with Crippen molar-refractivity contribution in [1.29, 1.82) is 5.26 Å². The molecule has 25 heavy (non-hydrogen) atoms. The Morgan fingerprint density at radius 2 is 1.80 bits per heavy atom. The van der Waals surface area contributed by atoms with E-state index in [1.165, 1.54) is 7.11 Å². The number of hydrogen-bond acceptors (Lipinski definition) is 4. The van der Waals surface area contributed by atoms with Gasteiger partial charge in [0.05, 0.1) is 18.7 Å². The highest BCUT2D eigenvalue weighted by Crippen LogP contribution is 2.13. The number of nitrogens with one attached hydrogen (secondary N) is 1. The maximum atomic E-state index is 12.5. The van der Waals surface area contributed by atoms with Crippen LogP contribution < -0.4 is 5.32 Å². The summed E-state index contributed by atoms with van der Waals surface area (Å²) in [6.45, 7) is 3.81. The topological polar surface area (TPSA) is 79.2 Å². The Bertz CT molecular complexity index is 817. The molecule has 0 heterocycles. The number of rotatable bonds is 5. The van der Waals surface area contributed by atoms with Crippen molar-refractivity contribution in [3.63, 3.8) is 0 Å². The molecule has 0 unspecified atom stereocenters. The zero-order valence-corrected chi connectivity index (χ0v) is 14.5. The Kier molecular flexibility index (Phi) is 5.91. The van der Waals surface area contributed by atoms with E-state index in [0.717, 1.165) is 11.1 Å². The van der Waals surface area contributed by atoms with Gasteiger partial charge in [0.15, 0.2) is 0 Å². The molecule has 0 aliphatic carbocycles. The molecule has 0 radical (unpaired) electrons. The summed E-state index contributed by atoms with van der Waals surface area (Å²) in [6.07, 6.45) is 0.187. The van der Waals surface area contributed by atoms with Crippen LogP contribution in [0, 0.1) is 25.2 Å². The molecular weight excluding hydrogens is 316 g/mol. The second kappa shape index (κ2) is 8.11. The number of amides is 1. The number of esters is 1. The standard InChI is InChI=1S/C20H20N2O3/c1-13-8-14(2)10-17(9-13)19(23)22-18(20(24)25-3)11-15-6-4-5-7-16(15)12-21/h4-10,18H,11H2,1-3H3,(H,22,23)/t18-/m1/s1. The van der Waals surface area contributed by atoms with E-state index >= 15 is 0 Å². The highest BCUT2D eigenvalue weighted by molar-refractivity contribution is 5.97. The maximum absolute atomic E-state index is 12.5. The summed E-state index contributed by atoms with van der Waals surface area (Å²) in [7, 11) is 1.27. The molecular formula is C20H20N2O3. The molecule has 0 aliphatic heterocycles. The van der Waals surface area contributed by atoms with E-state index in [1.54, 1.807) is 36.4 Å². The van der Waals surface area contributed by atoms with Gasteiger partial charge >= 0.3 is 5.97 Å². The molecule has 2 rings (SSSR count). The van der Waals surface area contributed by atoms with Gasteiger partial charge in [0, 0.05) is 12.0 Å². The SMILES string of the molecule is COC(=O)[C@@H](Cc1ccccc1C#N)NC(=O)c1cc(C)cc(C)c1. The molecule has 2 aromatic rings. The third-order valence-corrected chi connectivity index (χ3v) is 3.84. The number of ether oxygens (including phenoxy) is 1. The van der Waals surface area contributed by atoms with E-state index in [9.17, 15) is 14.9 Å². The molecule has 0 bridgehead atoms. The predicted molar refractivity (Wildman–Crippen MR) is 94.0 cm³/mol. The van der Waals surface area contributed by atoms with Gasteiger partial charge in [0.1, 0.15) is 6.04 Å². The van der Waals surface area contributed by atoms with Crippen molar-refractivity contribution in [1.82, 2.24) is 5.32 Å². The van der Waals surface area contributed by atoms with Crippen molar-refractivity contribution >= 4 is 11.9 Å². The Labute approximate surface area is 147 Å². The summed E-state index contributed by atoms with van der Waals surface area (Å²) in [6, 6.07) is 13.7. The number of carbonyl (C=O) groups is 2. The summed E-state index contributed by atoms with van der Waals surface area (Å²) in [4.78, 5) is 24.6. The Morgan fingerprint density at radius 1 is 1.16 bits per heavy atom. The van der Waals surface area contributed by atoms with Crippen LogP contribution in [-0.2, 0) is 16.0 Å². The summed E-state index contributed by atoms with van der Waals surface area (Å²) >= 11 is 0. The molecule has 5 heteroatoms. The molecule has 5 nitrogen and oxygen atoms in total. The fourth-order valence-corrected chi connectivity index (χ4v) is 2.71. The van der Waals surface area contributed by atoms with E-state index in [0.29, 0.717) is 16.7 Å². The van der Waals surface area contributed by atoms with Gasteiger partial charge in [-0.25, -0.2) is 4.79 Å². The van der Waals surface area contributed by atoms with E-state index < -0.39 is 12.0 Å². The minimum Gasteiger partial charge on any atom is -0.467 e. The zero-order chi connectivity index (χ0) is 18.4. The van der Waals surface area contributed by atoms with Crippen molar-refractivity contribution in [2.75, 3.05) is 7.11 Å². The van der Waals surface area contributed by atoms with Gasteiger partial charge in [-0.15, -0.1) is 0 Å². The van der Waals surface area contributed by atoms with Crippen molar-refractivity contribution in [2.45, 2.75) is 26.3 Å². The number of methoxy groups -OCH3 is 1. The molecule has 1 atom stereocenters. The van der Waals surface area contributed by atoms with Gasteiger partial charge in [-0.3, -0.25) is 4.79 Å². The fraction of sp³-hybridized carbons (Fsp3) is 0.250. The highest BCUT2D eigenvalue weighted by Gasteiger charge is 2.23. The van der Waals surface area contributed by atoms with Crippen LogP contribution in [0.5, 0.6) is 0 Å². The average molecular weight is 336 g/mol. The molecule has 0 aliphatic rings. The van der Waals surface area contributed by atoms with Crippen LogP contribution in [0.3, 0.4) is 0 Å². The van der Waals surface area contributed by atoms with Gasteiger partial charge in [0.2, 0.25) is 0 Å². The second-order valence-corrected chi connectivity index (χ2v) is 5.90. The Morgan fingerprint density at radius 3 is 2.40 bits per heavy atom. The quantitative estimate of drug-likeness (QED) is 0.852. The monoisotopic (exact) mass is 336 g/mol. The molecule has 0 saturated carbocycles. The lowest BCUT2D eigenvalue weighted by molar-refractivity contribution is -0.142. The normalized spacial score (nSPS) is 11.3. The van der Waals surface area contributed by atoms with E-state index in [2.05, 4.69) is 11.4 Å². The van der Waals surface area contributed by atoms with Gasteiger partial charge in [-0.1, -0.05) is 35.4 Å². The van der Waals surface area contributed by atoms with Crippen LogP contribution in [0.1, 0.15) is 32.6 Å². The summed E-state index contributed by atoms with van der Waals surface area (Å²) in [5.41, 5.74) is 3.57. The van der Waals surface area contributed by atoms with Crippen LogP contribution in [0.4, 0.5) is 0 Å². The first-order chi connectivity index (χ1) is 11.9. The van der Waals surface area contributed by atoms with Crippen LogP contribution in [-0.4, -0.2) is 25.0 Å². The van der Waals surface area contributed by atoms with Gasteiger partial charge < -0.3 is 10.1 Å². The molecule has 1 amide bonds. The molecule has 128 valence electrons. The van der Waals surface area contributed by atoms with Gasteiger partial charge in [-0.05, 0) is 37.6 Å². The van der Waals surface area contributed by atoms with Crippen molar-refractivity contribution in [3.05, 3.63) is 70.3 Å². The lowest BCUT2D eigenvalue weighted by Crippen LogP contribution is -2.43. The largest absolute Gasteiger partial charge is 0.467 e. The second-order valence-electron chi connectivity index (χ2n) is 5.90. The van der Waals surface area contributed by atoms with Crippen molar-refractivity contribution in [3.8, 4) is 6.07 Å². The lowest BCUT2D eigenvalue weighted by Gasteiger charge is -2.17. The Balaban J connectivity index is 2.25. The number of benzene rings is 2. The molecule has 2 aromatic carbocycles. The first-order valence-corrected chi connectivity index (χ1v) is 7.89. The molecule has 1 N–H and O–H groups in total. The maximum Gasteiger partial charge on any atom is 0.328 e. The average Bonchev–Trinajstić information content (AvgIpc) is 2.60. The number of nitrogens with zero attached hydrogens (tertiary/aromatic N) is 1. The predicted octanol–water partition coefficient (Wildman–Crippen LogP) is 2.69. The van der Waals surface area contributed by atoms with E-state index in [-0.39, 0.29) is 12.3 Å². The third kappa shape index (κ3) is 4.67. The van der Waals surface area contributed by atoms with E-state index in [1.807, 2.05) is 19.9 Å². The molecule has 0 fully saturated rings. The summed E-state index contributed by atoms with van der Waals surface area (Å²) in [5, 5.41) is 11.9. The lowest BCUT2D eigenvalue weighted by atomic mass is 10.00. The van der Waals surface area contributed by atoms with E-state index in [4.69, 9.17) is 4.74 Å². The van der Waals surface area contributed by atoms with Gasteiger partial charge in [0.25, 0.3) is 5.91 Å². The number of hydrogen-bond donors (Lipinski definition) is 1. The van der Waals surface area contributed by atoms with Crippen LogP contribution in [0.15, 0.2) is 42.5 Å². The first kappa shape index (κ1) is 18.2. The molecule has 0 spiro atoms. The highest BCUT2D eigenvalue weighted by atomic mass is 16.5. The number of nitriles is 1. The van der Waals surface area contributed by atoms with Gasteiger partial charge in [-0.2, -0.15) is 5.26 Å². The van der Waals surface area contributed by atoms with Crippen LogP contribution >= 0.6 is 0 Å². The fourth-order valence-electron chi connectivity index (χ4n) is 2.71. The number of aryl methyl sites for hydroxylation is 2. The zero-order valence-electron chi connectivity index (χ0n) is 14.5. The van der Waals surface area contributed by atoms with Crippen molar-refractivity contribution < 1.29 is 14.3 Å². The third-order valence-electron chi connectivity index (χ3n) is 3.84. The summed E-state index contributed by atoms with van der Waals surface area (Å²) < 4.78 is 4.81. The van der Waals surface area contributed by atoms with Crippen LogP contribution in [0.2, 0.25) is 0 Å². The minimum atomic E-state index is -0.868. The number of carbonyl (C=O) groups excluding carboxylic acids is 2. The van der Waals surface area contributed by atoms with Crippen molar-refractivity contribution in [2.24, 2.45) is 0 Å². The molecule has 0 aromatic heterocycles. The smallest absolute Gasteiger partial charge is 0.328 e. The summed E-state index contributed by atoms with van der Waals surface area (Å²) in [5.74, 6) is -0.901. The Hall–Kier alpha value is -3.13. The first-order valence-electron chi connectivity index (χ1n) is 7.89.